The monoisotopic (exact) mass is 416 g/mol. The maximum atomic E-state index is 11.8. The van der Waals surface area contributed by atoms with Crippen LogP contribution < -0.4 is 5.32 Å². The summed E-state index contributed by atoms with van der Waals surface area (Å²) in [6.07, 6.45) is 0. The quantitative estimate of drug-likeness (QED) is 0.566. The molecule has 0 fully saturated rings. The Hall–Kier alpha value is -2.35. The standard InChI is InChI=1S/C20H21ClN4O2S/c1-14-8-9-16(21)10-17(14)25-18(11-22-19(26)12-27-2)23-24-20(25)28-13-15-6-4-3-5-7-15/h3-10H,11-13H2,1-2H3,(H,22,26). The molecule has 1 amide bonds. The molecule has 0 radical (unpaired) electrons. The zero-order chi connectivity index (χ0) is 19.9. The van der Waals surface area contributed by atoms with Gasteiger partial charge in [0.1, 0.15) is 6.61 Å². The van der Waals surface area contributed by atoms with E-state index in [4.69, 9.17) is 16.3 Å². The Balaban J connectivity index is 1.90. The lowest BCUT2D eigenvalue weighted by Gasteiger charge is -2.14. The number of thioether (sulfide) groups is 1. The van der Waals surface area contributed by atoms with Crippen molar-refractivity contribution in [2.24, 2.45) is 0 Å². The summed E-state index contributed by atoms with van der Waals surface area (Å²) < 4.78 is 6.80. The zero-order valence-electron chi connectivity index (χ0n) is 15.7. The van der Waals surface area contributed by atoms with Gasteiger partial charge in [-0.2, -0.15) is 0 Å². The molecule has 6 nitrogen and oxygen atoms in total. The van der Waals surface area contributed by atoms with E-state index < -0.39 is 0 Å². The van der Waals surface area contributed by atoms with Gasteiger partial charge in [0.25, 0.3) is 0 Å². The third-order valence-corrected chi connectivity index (χ3v) is 5.28. The fraction of sp³-hybridized carbons (Fsp3) is 0.250. The predicted molar refractivity (Wildman–Crippen MR) is 111 cm³/mol. The van der Waals surface area contributed by atoms with Crippen LogP contribution in [0, 0.1) is 6.92 Å². The first kappa shape index (κ1) is 20.4. The number of amides is 1. The minimum atomic E-state index is -0.210. The highest BCUT2D eigenvalue weighted by molar-refractivity contribution is 7.98. The van der Waals surface area contributed by atoms with Crippen molar-refractivity contribution in [3.8, 4) is 5.69 Å². The predicted octanol–water partition coefficient (Wildman–Crippen LogP) is 3.78. The number of aryl methyl sites for hydroxylation is 1. The SMILES string of the molecule is COCC(=O)NCc1nnc(SCc2ccccc2)n1-c1cc(Cl)ccc1C. The van der Waals surface area contributed by atoms with E-state index in [1.165, 1.54) is 12.7 Å². The second-order valence-electron chi connectivity index (χ2n) is 6.15. The van der Waals surface area contributed by atoms with E-state index in [0.29, 0.717) is 10.8 Å². The highest BCUT2D eigenvalue weighted by Crippen LogP contribution is 2.28. The maximum absolute atomic E-state index is 11.8. The van der Waals surface area contributed by atoms with Gasteiger partial charge in [0, 0.05) is 17.9 Å². The summed E-state index contributed by atoms with van der Waals surface area (Å²) in [6, 6.07) is 15.9. The van der Waals surface area contributed by atoms with Crippen LogP contribution in [0.4, 0.5) is 0 Å². The topological polar surface area (TPSA) is 69.0 Å². The molecule has 1 heterocycles. The van der Waals surface area contributed by atoms with Gasteiger partial charge in [-0.1, -0.05) is 59.8 Å². The highest BCUT2D eigenvalue weighted by atomic mass is 35.5. The second kappa shape index (κ2) is 9.73. The number of carbonyl (C=O) groups is 1. The van der Waals surface area contributed by atoms with Crippen LogP contribution in [0.5, 0.6) is 0 Å². The van der Waals surface area contributed by atoms with Gasteiger partial charge in [0.05, 0.1) is 12.2 Å². The Morgan fingerprint density at radius 1 is 1.21 bits per heavy atom. The first-order valence-electron chi connectivity index (χ1n) is 8.71. The van der Waals surface area contributed by atoms with Crippen LogP contribution in [0.15, 0.2) is 53.7 Å². The molecular formula is C20H21ClN4O2S. The van der Waals surface area contributed by atoms with Crippen molar-refractivity contribution in [3.63, 3.8) is 0 Å². The van der Waals surface area contributed by atoms with Crippen molar-refractivity contribution < 1.29 is 9.53 Å². The third kappa shape index (κ3) is 5.13. The van der Waals surface area contributed by atoms with Crippen molar-refractivity contribution in [2.75, 3.05) is 13.7 Å². The van der Waals surface area contributed by atoms with Gasteiger partial charge < -0.3 is 10.1 Å². The van der Waals surface area contributed by atoms with Gasteiger partial charge in [0.2, 0.25) is 5.91 Å². The van der Waals surface area contributed by atoms with Crippen molar-refractivity contribution in [3.05, 3.63) is 70.5 Å². The van der Waals surface area contributed by atoms with Crippen molar-refractivity contribution in [2.45, 2.75) is 24.4 Å². The fourth-order valence-electron chi connectivity index (χ4n) is 2.66. The van der Waals surface area contributed by atoms with Crippen LogP contribution in [0.3, 0.4) is 0 Å². The molecule has 0 saturated carbocycles. The summed E-state index contributed by atoms with van der Waals surface area (Å²) in [4.78, 5) is 11.8. The lowest BCUT2D eigenvalue weighted by Crippen LogP contribution is -2.28. The average molecular weight is 417 g/mol. The van der Waals surface area contributed by atoms with Gasteiger partial charge in [-0.3, -0.25) is 9.36 Å². The van der Waals surface area contributed by atoms with Crippen molar-refractivity contribution >= 4 is 29.3 Å². The maximum Gasteiger partial charge on any atom is 0.246 e. The van der Waals surface area contributed by atoms with E-state index in [1.807, 2.05) is 47.9 Å². The van der Waals surface area contributed by atoms with Gasteiger partial charge >= 0.3 is 0 Å². The second-order valence-corrected chi connectivity index (χ2v) is 7.53. The molecule has 0 unspecified atom stereocenters. The van der Waals surface area contributed by atoms with Crippen LogP contribution in [0.1, 0.15) is 17.0 Å². The number of nitrogens with zero attached hydrogens (tertiary/aromatic N) is 3. The number of nitrogens with one attached hydrogen (secondary N) is 1. The van der Waals surface area contributed by atoms with Gasteiger partial charge in [-0.15, -0.1) is 10.2 Å². The molecule has 2 aromatic carbocycles. The fourth-order valence-corrected chi connectivity index (χ4v) is 3.74. The van der Waals surface area contributed by atoms with Crippen LogP contribution in [-0.2, 0) is 21.8 Å². The molecule has 1 N–H and O–H groups in total. The minimum absolute atomic E-state index is 0.0000552. The average Bonchev–Trinajstić information content (AvgIpc) is 3.10. The number of methoxy groups -OCH3 is 1. The molecule has 3 rings (SSSR count). The Morgan fingerprint density at radius 3 is 2.75 bits per heavy atom. The summed E-state index contributed by atoms with van der Waals surface area (Å²) in [5, 5.41) is 12.8. The molecule has 146 valence electrons. The molecule has 0 aliphatic rings. The molecule has 1 aromatic heterocycles. The molecule has 3 aromatic rings. The Morgan fingerprint density at radius 2 is 2.00 bits per heavy atom. The Bertz CT molecular complexity index is 947. The highest BCUT2D eigenvalue weighted by Gasteiger charge is 2.17. The molecule has 28 heavy (non-hydrogen) atoms. The minimum Gasteiger partial charge on any atom is -0.375 e. The van der Waals surface area contributed by atoms with Gasteiger partial charge in [0.15, 0.2) is 11.0 Å². The summed E-state index contributed by atoms with van der Waals surface area (Å²) >= 11 is 7.82. The summed E-state index contributed by atoms with van der Waals surface area (Å²) in [6.45, 7) is 2.25. The number of rotatable bonds is 8. The van der Waals surface area contributed by atoms with Crippen LogP contribution in [0.25, 0.3) is 5.69 Å². The van der Waals surface area contributed by atoms with E-state index in [-0.39, 0.29) is 19.1 Å². The van der Waals surface area contributed by atoms with E-state index in [2.05, 4.69) is 27.6 Å². The summed E-state index contributed by atoms with van der Waals surface area (Å²) in [7, 11) is 1.48. The lowest BCUT2D eigenvalue weighted by molar-refractivity contribution is -0.124. The van der Waals surface area contributed by atoms with Crippen LogP contribution in [0.2, 0.25) is 5.02 Å². The Kier molecular flexibility index (Phi) is 7.08. The van der Waals surface area contributed by atoms with E-state index in [1.54, 1.807) is 11.8 Å². The number of carbonyl (C=O) groups excluding carboxylic acids is 1. The van der Waals surface area contributed by atoms with E-state index >= 15 is 0 Å². The number of aromatic nitrogens is 3. The van der Waals surface area contributed by atoms with Gasteiger partial charge in [-0.25, -0.2) is 0 Å². The molecule has 0 bridgehead atoms. The van der Waals surface area contributed by atoms with Gasteiger partial charge in [-0.05, 0) is 30.2 Å². The normalized spacial score (nSPS) is 10.8. The zero-order valence-corrected chi connectivity index (χ0v) is 17.3. The number of benzene rings is 2. The molecule has 0 aliphatic carbocycles. The van der Waals surface area contributed by atoms with E-state index in [0.717, 1.165) is 22.2 Å². The molecule has 0 saturated heterocycles. The van der Waals surface area contributed by atoms with Crippen LogP contribution in [-0.4, -0.2) is 34.4 Å². The largest absolute Gasteiger partial charge is 0.375 e. The smallest absolute Gasteiger partial charge is 0.246 e. The Labute approximate surface area is 173 Å². The first-order valence-corrected chi connectivity index (χ1v) is 10.1. The van der Waals surface area contributed by atoms with E-state index in [9.17, 15) is 4.79 Å². The van der Waals surface area contributed by atoms with Crippen molar-refractivity contribution in [1.29, 1.82) is 0 Å². The number of ether oxygens (including phenoxy) is 1. The molecule has 0 atom stereocenters. The first-order chi connectivity index (χ1) is 13.6. The molecule has 8 heteroatoms. The number of halogens is 1. The third-order valence-electron chi connectivity index (χ3n) is 4.04. The number of hydrogen-bond acceptors (Lipinski definition) is 5. The summed E-state index contributed by atoms with van der Waals surface area (Å²) in [5.41, 5.74) is 3.12. The molecule has 0 spiro atoms. The molecular weight excluding hydrogens is 396 g/mol. The lowest BCUT2D eigenvalue weighted by atomic mass is 10.2. The summed E-state index contributed by atoms with van der Waals surface area (Å²) in [5.74, 6) is 1.18. The van der Waals surface area contributed by atoms with Crippen molar-refractivity contribution in [1.82, 2.24) is 20.1 Å². The van der Waals surface area contributed by atoms with Crippen LogP contribution >= 0.6 is 23.4 Å². The number of hydrogen-bond donors (Lipinski definition) is 1. The molecule has 0 aliphatic heterocycles.